The summed E-state index contributed by atoms with van der Waals surface area (Å²) in [5, 5.41) is 2.70. The van der Waals surface area contributed by atoms with Crippen LogP contribution in [-0.2, 0) is 14.3 Å². The molecule has 0 saturated heterocycles. The summed E-state index contributed by atoms with van der Waals surface area (Å²) in [5.41, 5.74) is 7.37. The Hall–Kier alpha value is -3.39. The summed E-state index contributed by atoms with van der Waals surface area (Å²) in [6.07, 6.45) is 3.15. The van der Waals surface area contributed by atoms with E-state index in [1.165, 1.54) is 11.0 Å². The zero-order valence-corrected chi connectivity index (χ0v) is 14.8. The third-order valence-electron chi connectivity index (χ3n) is 3.85. The van der Waals surface area contributed by atoms with Crippen molar-refractivity contribution in [2.24, 2.45) is 0 Å². The fraction of sp³-hybridized carbons (Fsp3) is 0.211. The van der Waals surface area contributed by atoms with Crippen LogP contribution in [0.5, 0.6) is 5.75 Å². The van der Waals surface area contributed by atoms with Crippen LogP contribution < -0.4 is 20.7 Å². The van der Waals surface area contributed by atoms with Gasteiger partial charge in [-0.3, -0.25) is 19.5 Å². The van der Waals surface area contributed by atoms with Gasteiger partial charge in [-0.1, -0.05) is 6.07 Å². The van der Waals surface area contributed by atoms with Gasteiger partial charge in [-0.2, -0.15) is 0 Å². The van der Waals surface area contributed by atoms with Crippen LogP contribution in [0.4, 0.5) is 11.4 Å². The van der Waals surface area contributed by atoms with E-state index in [1.807, 2.05) is 0 Å². The van der Waals surface area contributed by atoms with E-state index in [2.05, 4.69) is 10.3 Å². The monoisotopic (exact) mass is 368 g/mol. The van der Waals surface area contributed by atoms with Crippen molar-refractivity contribution in [3.8, 4) is 5.75 Å². The van der Waals surface area contributed by atoms with E-state index in [-0.39, 0.29) is 18.2 Å². The molecule has 8 heteroatoms. The van der Waals surface area contributed by atoms with Crippen molar-refractivity contribution in [2.45, 2.75) is 0 Å². The summed E-state index contributed by atoms with van der Waals surface area (Å²) in [6, 6.07) is 10.3. The summed E-state index contributed by atoms with van der Waals surface area (Å²) in [7, 11) is 1.55. The fourth-order valence-electron chi connectivity index (χ4n) is 2.58. The SMILES string of the molecule is COCCNC(=O)CN1C(=O)/C(=C\c2ccccn2)Oc2cc(N)ccc21. The fourth-order valence-corrected chi connectivity index (χ4v) is 2.58. The van der Waals surface area contributed by atoms with Crippen molar-refractivity contribution in [1.29, 1.82) is 0 Å². The Balaban J connectivity index is 1.90. The van der Waals surface area contributed by atoms with Gasteiger partial charge in [0, 0.05) is 37.7 Å². The number of rotatable bonds is 6. The minimum atomic E-state index is -0.431. The van der Waals surface area contributed by atoms with Crippen molar-refractivity contribution in [2.75, 3.05) is 37.4 Å². The Bertz CT molecular complexity index is 867. The Morgan fingerprint density at radius 2 is 2.22 bits per heavy atom. The maximum Gasteiger partial charge on any atom is 0.294 e. The van der Waals surface area contributed by atoms with Crippen molar-refractivity contribution < 1.29 is 19.1 Å². The summed E-state index contributed by atoms with van der Waals surface area (Å²) in [6.45, 7) is 0.599. The van der Waals surface area contributed by atoms with E-state index in [4.69, 9.17) is 15.2 Å². The predicted octanol–water partition coefficient (Wildman–Crippen LogP) is 1.19. The van der Waals surface area contributed by atoms with Crippen LogP contribution >= 0.6 is 0 Å². The maximum atomic E-state index is 12.9. The molecule has 0 spiro atoms. The summed E-state index contributed by atoms with van der Waals surface area (Å²) >= 11 is 0. The van der Waals surface area contributed by atoms with E-state index in [0.717, 1.165) is 0 Å². The number of nitrogens with zero attached hydrogens (tertiary/aromatic N) is 2. The van der Waals surface area contributed by atoms with Crippen molar-refractivity contribution in [3.63, 3.8) is 0 Å². The van der Waals surface area contributed by atoms with E-state index in [0.29, 0.717) is 36.0 Å². The summed E-state index contributed by atoms with van der Waals surface area (Å²) < 4.78 is 10.6. The number of methoxy groups -OCH3 is 1. The highest BCUT2D eigenvalue weighted by Crippen LogP contribution is 2.37. The molecule has 0 bridgehead atoms. The molecule has 1 aliphatic heterocycles. The molecule has 27 heavy (non-hydrogen) atoms. The van der Waals surface area contributed by atoms with Crippen LogP contribution in [0.2, 0.25) is 0 Å². The lowest BCUT2D eigenvalue weighted by atomic mass is 10.1. The first kappa shape index (κ1) is 18.4. The van der Waals surface area contributed by atoms with Crippen LogP contribution in [0.25, 0.3) is 6.08 Å². The van der Waals surface area contributed by atoms with Gasteiger partial charge in [-0.15, -0.1) is 0 Å². The molecule has 1 aromatic heterocycles. The van der Waals surface area contributed by atoms with Crippen molar-refractivity contribution >= 4 is 29.3 Å². The zero-order valence-electron chi connectivity index (χ0n) is 14.8. The lowest BCUT2D eigenvalue weighted by Crippen LogP contribution is -2.44. The van der Waals surface area contributed by atoms with Gasteiger partial charge >= 0.3 is 0 Å². The largest absolute Gasteiger partial charge is 0.449 e. The first-order chi connectivity index (χ1) is 13.1. The van der Waals surface area contributed by atoms with Crippen molar-refractivity contribution in [1.82, 2.24) is 10.3 Å². The van der Waals surface area contributed by atoms with Crippen molar-refractivity contribution in [3.05, 3.63) is 54.0 Å². The van der Waals surface area contributed by atoms with Gasteiger partial charge in [0.2, 0.25) is 5.91 Å². The molecule has 1 aromatic carbocycles. The van der Waals surface area contributed by atoms with Gasteiger partial charge in [0.15, 0.2) is 11.5 Å². The lowest BCUT2D eigenvalue weighted by molar-refractivity contribution is -0.123. The van der Waals surface area contributed by atoms with Crippen LogP contribution in [-0.4, -0.2) is 43.6 Å². The molecular formula is C19H20N4O4. The van der Waals surface area contributed by atoms with Crippen LogP contribution in [0.15, 0.2) is 48.4 Å². The molecule has 3 rings (SSSR count). The topological polar surface area (TPSA) is 107 Å². The molecule has 1 aliphatic rings. The number of hydrogen-bond donors (Lipinski definition) is 2. The van der Waals surface area contributed by atoms with Gasteiger partial charge < -0.3 is 20.5 Å². The number of nitrogen functional groups attached to an aromatic ring is 1. The second-order valence-corrected chi connectivity index (χ2v) is 5.83. The highest BCUT2D eigenvalue weighted by molar-refractivity contribution is 6.12. The number of pyridine rings is 1. The number of carbonyl (C=O) groups is 2. The van der Waals surface area contributed by atoms with E-state index >= 15 is 0 Å². The number of aromatic nitrogens is 1. The summed E-state index contributed by atoms with van der Waals surface area (Å²) in [5.74, 6) is -0.264. The van der Waals surface area contributed by atoms with Gasteiger partial charge in [0.25, 0.3) is 5.91 Å². The minimum Gasteiger partial charge on any atom is -0.449 e. The van der Waals surface area contributed by atoms with Gasteiger partial charge in [0.05, 0.1) is 18.0 Å². The summed E-state index contributed by atoms with van der Waals surface area (Å²) in [4.78, 5) is 30.7. The van der Waals surface area contributed by atoms with Crippen LogP contribution in [0, 0.1) is 0 Å². The Labute approximate surface area is 156 Å². The number of nitrogens with one attached hydrogen (secondary N) is 1. The van der Waals surface area contributed by atoms with Gasteiger partial charge in [0.1, 0.15) is 6.54 Å². The number of nitrogens with two attached hydrogens (primary N) is 1. The number of anilines is 2. The van der Waals surface area contributed by atoms with E-state index < -0.39 is 5.91 Å². The predicted molar refractivity (Wildman–Crippen MR) is 101 cm³/mol. The Morgan fingerprint density at radius 1 is 1.37 bits per heavy atom. The molecule has 0 radical (unpaired) electrons. The van der Waals surface area contributed by atoms with E-state index in [9.17, 15) is 9.59 Å². The smallest absolute Gasteiger partial charge is 0.294 e. The number of benzene rings is 1. The van der Waals surface area contributed by atoms with Crippen LogP contribution in [0.3, 0.4) is 0 Å². The number of hydrogen-bond acceptors (Lipinski definition) is 6. The Morgan fingerprint density at radius 3 is 2.96 bits per heavy atom. The molecule has 8 nitrogen and oxygen atoms in total. The molecule has 2 heterocycles. The first-order valence-corrected chi connectivity index (χ1v) is 8.36. The number of carbonyl (C=O) groups excluding carboxylic acids is 2. The second-order valence-electron chi connectivity index (χ2n) is 5.83. The Kier molecular flexibility index (Phi) is 5.68. The molecule has 0 atom stereocenters. The third-order valence-corrected chi connectivity index (χ3v) is 3.85. The number of amides is 2. The molecular weight excluding hydrogens is 348 g/mol. The molecule has 140 valence electrons. The van der Waals surface area contributed by atoms with Crippen LogP contribution in [0.1, 0.15) is 5.69 Å². The third kappa shape index (κ3) is 4.42. The lowest BCUT2D eigenvalue weighted by Gasteiger charge is -2.30. The number of fused-ring (bicyclic) bond motifs is 1. The maximum absolute atomic E-state index is 12.9. The van der Waals surface area contributed by atoms with E-state index in [1.54, 1.807) is 49.7 Å². The molecule has 3 N–H and O–H groups in total. The minimum absolute atomic E-state index is 0.0662. The second kappa shape index (κ2) is 8.33. The number of ether oxygens (including phenoxy) is 2. The van der Waals surface area contributed by atoms with Gasteiger partial charge in [-0.05, 0) is 24.3 Å². The quantitative estimate of drug-likeness (QED) is 0.451. The average molecular weight is 368 g/mol. The highest BCUT2D eigenvalue weighted by atomic mass is 16.5. The highest BCUT2D eigenvalue weighted by Gasteiger charge is 2.32. The van der Waals surface area contributed by atoms with Gasteiger partial charge in [-0.25, -0.2) is 0 Å². The standard InChI is InChI=1S/C19H20N4O4/c1-26-9-8-22-18(24)12-23-15-6-5-13(20)10-16(15)27-17(19(23)25)11-14-4-2-3-7-21-14/h2-7,10-11H,8-9,12,20H2,1H3,(H,22,24)/b17-11+. The molecule has 0 saturated carbocycles. The zero-order chi connectivity index (χ0) is 19.2. The molecule has 2 aromatic rings. The normalized spacial score (nSPS) is 14.6. The molecule has 0 aliphatic carbocycles. The molecule has 2 amide bonds. The average Bonchev–Trinajstić information content (AvgIpc) is 2.66. The molecule has 0 unspecified atom stereocenters. The molecule has 0 fully saturated rings. The first-order valence-electron chi connectivity index (χ1n) is 8.36.